The molecule has 12 heavy (non-hydrogen) atoms. The smallest absolute Gasteiger partial charge is 0.143 e. The molecule has 2 heterocycles. The number of thiophene rings is 1. The summed E-state index contributed by atoms with van der Waals surface area (Å²) in [5, 5.41) is 9.88. The van der Waals surface area contributed by atoms with Gasteiger partial charge >= 0.3 is 0 Å². The van der Waals surface area contributed by atoms with Crippen molar-refractivity contribution in [3.8, 4) is 9.88 Å². The molecule has 0 amide bonds. The summed E-state index contributed by atoms with van der Waals surface area (Å²) < 4.78 is 0.790. The Morgan fingerprint density at radius 2 is 2.08 bits per heavy atom. The zero-order valence-electron chi connectivity index (χ0n) is 6.24. The van der Waals surface area contributed by atoms with Crippen LogP contribution in [0, 0.1) is 6.92 Å². The van der Waals surface area contributed by atoms with Crippen molar-refractivity contribution in [1.29, 1.82) is 0 Å². The summed E-state index contributed by atoms with van der Waals surface area (Å²) in [6.45, 7) is 1.94. The molecule has 2 aromatic rings. The standard InChI is InChI=1S/C7H5ClN2S2/c1-4-9-10-7(11-4)5-2-3-6(8)12-5/h2-3H,1H3. The van der Waals surface area contributed by atoms with Gasteiger partial charge in [-0.3, -0.25) is 0 Å². The zero-order chi connectivity index (χ0) is 8.55. The van der Waals surface area contributed by atoms with Gasteiger partial charge in [-0.25, -0.2) is 0 Å². The van der Waals surface area contributed by atoms with Crippen LogP contribution in [0.3, 0.4) is 0 Å². The fraction of sp³-hybridized carbons (Fsp3) is 0.143. The fourth-order valence-corrected chi connectivity index (χ4v) is 2.61. The third-order valence-corrected chi connectivity index (χ3v) is 3.55. The maximum atomic E-state index is 5.79. The van der Waals surface area contributed by atoms with E-state index in [-0.39, 0.29) is 0 Å². The Morgan fingerprint density at radius 1 is 1.25 bits per heavy atom. The molecular formula is C7H5ClN2S2. The van der Waals surface area contributed by atoms with Crippen molar-refractivity contribution >= 4 is 34.3 Å². The summed E-state index contributed by atoms with van der Waals surface area (Å²) in [6, 6.07) is 3.84. The second-order valence-electron chi connectivity index (χ2n) is 2.23. The first kappa shape index (κ1) is 8.16. The molecule has 0 atom stereocenters. The first-order valence-electron chi connectivity index (χ1n) is 3.31. The van der Waals surface area contributed by atoms with Crippen LogP contribution in [0.15, 0.2) is 12.1 Å². The highest BCUT2D eigenvalue weighted by atomic mass is 35.5. The monoisotopic (exact) mass is 216 g/mol. The van der Waals surface area contributed by atoms with E-state index in [0.717, 1.165) is 19.2 Å². The van der Waals surface area contributed by atoms with E-state index in [1.165, 1.54) is 11.3 Å². The Kier molecular flexibility index (Phi) is 2.12. The van der Waals surface area contributed by atoms with Crippen molar-refractivity contribution < 1.29 is 0 Å². The molecular weight excluding hydrogens is 212 g/mol. The normalized spacial score (nSPS) is 10.5. The topological polar surface area (TPSA) is 25.8 Å². The Morgan fingerprint density at radius 3 is 2.58 bits per heavy atom. The van der Waals surface area contributed by atoms with Gasteiger partial charge in [-0.1, -0.05) is 22.9 Å². The molecule has 0 radical (unpaired) electrons. The van der Waals surface area contributed by atoms with Crippen LogP contribution in [0.5, 0.6) is 0 Å². The Balaban J connectivity index is 2.43. The van der Waals surface area contributed by atoms with E-state index < -0.39 is 0 Å². The zero-order valence-corrected chi connectivity index (χ0v) is 8.63. The lowest BCUT2D eigenvalue weighted by atomic mass is 10.5. The van der Waals surface area contributed by atoms with E-state index in [1.54, 1.807) is 11.3 Å². The van der Waals surface area contributed by atoms with Gasteiger partial charge in [0.1, 0.15) is 5.01 Å². The Bertz CT molecular complexity index is 355. The maximum absolute atomic E-state index is 5.79. The molecule has 2 aromatic heterocycles. The van der Waals surface area contributed by atoms with Crippen molar-refractivity contribution in [2.75, 3.05) is 0 Å². The highest BCUT2D eigenvalue weighted by Gasteiger charge is 2.05. The Hall–Kier alpha value is -0.450. The van der Waals surface area contributed by atoms with Crippen LogP contribution in [0.25, 0.3) is 9.88 Å². The number of rotatable bonds is 1. The highest BCUT2D eigenvalue weighted by molar-refractivity contribution is 7.23. The van der Waals surface area contributed by atoms with Crippen LogP contribution < -0.4 is 0 Å². The van der Waals surface area contributed by atoms with E-state index in [4.69, 9.17) is 11.6 Å². The summed E-state index contributed by atoms with van der Waals surface area (Å²) >= 11 is 8.90. The molecule has 0 aliphatic rings. The lowest BCUT2D eigenvalue weighted by Gasteiger charge is -1.82. The molecule has 2 nitrogen and oxygen atoms in total. The van der Waals surface area contributed by atoms with Gasteiger partial charge in [-0.2, -0.15) is 0 Å². The average Bonchev–Trinajstić information content (AvgIpc) is 2.58. The van der Waals surface area contributed by atoms with Crippen molar-refractivity contribution in [3.63, 3.8) is 0 Å². The summed E-state index contributed by atoms with van der Waals surface area (Å²) in [6.07, 6.45) is 0. The molecule has 0 unspecified atom stereocenters. The molecule has 0 aliphatic heterocycles. The molecule has 0 fully saturated rings. The van der Waals surface area contributed by atoms with Crippen LogP contribution in [-0.2, 0) is 0 Å². The van der Waals surface area contributed by atoms with Crippen LogP contribution in [-0.4, -0.2) is 10.2 Å². The number of aryl methyl sites for hydroxylation is 1. The molecule has 2 rings (SSSR count). The first-order valence-corrected chi connectivity index (χ1v) is 5.32. The maximum Gasteiger partial charge on any atom is 0.157 e. The number of hydrogen-bond donors (Lipinski definition) is 0. The Labute approximate surface area is 82.8 Å². The minimum atomic E-state index is 0.790. The largest absolute Gasteiger partial charge is 0.157 e. The molecule has 0 spiro atoms. The van der Waals surface area contributed by atoms with Crippen LogP contribution >= 0.6 is 34.3 Å². The minimum absolute atomic E-state index is 0.790. The van der Waals surface area contributed by atoms with E-state index in [0.29, 0.717) is 0 Å². The molecule has 0 aliphatic carbocycles. The summed E-state index contributed by atoms with van der Waals surface area (Å²) in [5.41, 5.74) is 0. The molecule has 5 heteroatoms. The SMILES string of the molecule is Cc1nnc(-c2ccc(Cl)s2)s1. The average molecular weight is 217 g/mol. The minimum Gasteiger partial charge on any atom is -0.143 e. The second-order valence-corrected chi connectivity index (χ2v) is 5.13. The van der Waals surface area contributed by atoms with Crippen molar-refractivity contribution in [2.24, 2.45) is 0 Å². The van der Waals surface area contributed by atoms with Crippen molar-refractivity contribution in [1.82, 2.24) is 10.2 Å². The lowest BCUT2D eigenvalue weighted by molar-refractivity contribution is 1.05. The van der Waals surface area contributed by atoms with Gasteiger partial charge in [0.25, 0.3) is 0 Å². The third-order valence-electron chi connectivity index (χ3n) is 1.31. The van der Waals surface area contributed by atoms with Gasteiger partial charge in [0, 0.05) is 0 Å². The van der Waals surface area contributed by atoms with Gasteiger partial charge in [0.05, 0.1) is 9.21 Å². The molecule has 0 bridgehead atoms. The number of hydrogen-bond acceptors (Lipinski definition) is 4. The van der Waals surface area contributed by atoms with Crippen molar-refractivity contribution in [3.05, 3.63) is 21.5 Å². The molecule has 0 saturated carbocycles. The third kappa shape index (κ3) is 1.50. The predicted octanol–water partition coefficient (Wildman–Crippen LogP) is 3.23. The van der Waals surface area contributed by atoms with Crippen LogP contribution in [0.1, 0.15) is 5.01 Å². The van der Waals surface area contributed by atoms with Crippen LogP contribution in [0.2, 0.25) is 4.34 Å². The molecule has 0 N–H and O–H groups in total. The van der Waals surface area contributed by atoms with E-state index in [1.807, 2.05) is 19.1 Å². The summed E-state index contributed by atoms with van der Waals surface area (Å²) in [7, 11) is 0. The highest BCUT2D eigenvalue weighted by Crippen LogP contribution is 2.32. The molecule has 0 aromatic carbocycles. The summed E-state index contributed by atoms with van der Waals surface area (Å²) in [4.78, 5) is 1.09. The fourth-order valence-electron chi connectivity index (χ4n) is 0.825. The number of halogens is 1. The van der Waals surface area contributed by atoms with Gasteiger partial charge in [0.2, 0.25) is 0 Å². The number of aromatic nitrogens is 2. The predicted molar refractivity (Wildman–Crippen MR) is 53.0 cm³/mol. The first-order chi connectivity index (χ1) is 5.75. The van der Waals surface area contributed by atoms with E-state index in [9.17, 15) is 0 Å². The number of nitrogens with zero attached hydrogens (tertiary/aromatic N) is 2. The summed E-state index contributed by atoms with van der Waals surface area (Å²) in [5.74, 6) is 0. The molecule has 62 valence electrons. The van der Waals surface area contributed by atoms with Crippen LogP contribution in [0.4, 0.5) is 0 Å². The lowest BCUT2D eigenvalue weighted by Crippen LogP contribution is -1.70. The van der Waals surface area contributed by atoms with Gasteiger partial charge < -0.3 is 0 Å². The van der Waals surface area contributed by atoms with E-state index in [2.05, 4.69) is 10.2 Å². The molecule has 0 saturated heterocycles. The van der Waals surface area contributed by atoms with Crippen molar-refractivity contribution in [2.45, 2.75) is 6.92 Å². The van der Waals surface area contributed by atoms with Gasteiger partial charge in [-0.05, 0) is 19.1 Å². The van der Waals surface area contributed by atoms with Gasteiger partial charge in [-0.15, -0.1) is 21.5 Å². The quantitative estimate of drug-likeness (QED) is 0.732. The van der Waals surface area contributed by atoms with Gasteiger partial charge in [0.15, 0.2) is 5.01 Å². The van der Waals surface area contributed by atoms with E-state index >= 15 is 0 Å². The second kappa shape index (κ2) is 3.12.